The van der Waals surface area contributed by atoms with Gasteiger partial charge < -0.3 is 14.2 Å². The number of nitrogens with zero attached hydrogens (tertiary/aromatic N) is 5. The smallest absolute Gasteiger partial charge is 0.132 e. The molecule has 0 N–H and O–H groups in total. The van der Waals surface area contributed by atoms with Crippen molar-refractivity contribution < 1.29 is 4.74 Å². The Morgan fingerprint density at radius 1 is 1.08 bits per heavy atom. The number of anilines is 1. The second kappa shape index (κ2) is 6.41. The van der Waals surface area contributed by atoms with E-state index in [1.165, 1.54) is 37.1 Å². The largest absolute Gasteiger partial charge is 0.380 e. The molecule has 0 spiro atoms. The number of rotatable bonds is 7. The van der Waals surface area contributed by atoms with Gasteiger partial charge in [0.1, 0.15) is 12.1 Å². The van der Waals surface area contributed by atoms with Crippen LogP contribution in [-0.4, -0.2) is 39.3 Å². The van der Waals surface area contributed by atoms with Crippen LogP contribution in [0.2, 0.25) is 0 Å². The minimum Gasteiger partial charge on any atom is -0.380 e. The SMILES string of the molecule is c1cc(N2Cc3ncn(CC4CC4)c3[C@H](COCC3CC3)C2)ncn1. The summed E-state index contributed by atoms with van der Waals surface area (Å²) in [5.74, 6) is 2.99. The van der Waals surface area contributed by atoms with Gasteiger partial charge in [-0.15, -0.1) is 0 Å². The van der Waals surface area contributed by atoms with Crippen molar-refractivity contribution in [2.24, 2.45) is 11.8 Å². The summed E-state index contributed by atoms with van der Waals surface area (Å²) in [6.07, 6.45) is 10.9. The first-order valence-electron chi connectivity index (χ1n) is 9.49. The molecule has 6 nitrogen and oxygen atoms in total. The quantitative estimate of drug-likeness (QED) is 0.776. The number of hydrogen-bond acceptors (Lipinski definition) is 5. The number of hydrogen-bond donors (Lipinski definition) is 0. The minimum atomic E-state index is 0.360. The molecule has 2 aromatic heterocycles. The fourth-order valence-electron chi connectivity index (χ4n) is 3.79. The molecule has 1 atom stereocenters. The molecule has 0 amide bonds. The number of imidazole rings is 1. The maximum Gasteiger partial charge on any atom is 0.132 e. The van der Waals surface area contributed by atoms with Crippen LogP contribution < -0.4 is 4.90 Å². The van der Waals surface area contributed by atoms with Crippen molar-refractivity contribution in [2.75, 3.05) is 24.7 Å². The first-order chi connectivity index (χ1) is 12.4. The molecule has 2 saturated carbocycles. The topological polar surface area (TPSA) is 56.1 Å². The third-order valence-corrected chi connectivity index (χ3v) is 5.54. The van der Waals surface area contributed by atoms with Crippen LogP contribution in [0.25, 0.3) is 0 Å². The minimum absolute atomic E-state index is 0.360. The Balaban J connectivity index is 1.38. The summed E-state index contributed by atoms with van der Waals surface area (Å²) in [7, 11) is 0. The van der Waals surface area contributed by atoms with Crippen LogP contribution in [0, 0.1) is 11.8 Å². The number of aromatic nitrogens is 4. The lowest BCUT2D eigenvalue weighted by molar-refractivity contribution is 0.108. The molecule has 5 rings (SSSR count). The van der Waals surface area contributed by atoms with Gasteiger partial charge in [-0.25, -0.2) is 15.0 Å². The molecule has 3 aliphatic rings. The molecule has 0 aromatic carbocycles. The summed E-state index contributed by atoms with van der Waals surface area (Å²) in [5.41, 5.74) is 2.58. The van der Waals surface area contributed by atoms with Crippen molar-refractivity contribution in [3.8, 4) is 0 Å². The van der Waals surface area contributed by atoms with E-state index in [1.807, 2.05) is 18.6 Å². The summed E-state index contributed by atoms with van der Waals surface area (Å²) >= 11 is 0. The lowest BCUT2D eigenvalue weighted by Gasteiger charge is -2.34. The summed E-state index contributed by atoms with van der Waals surface area (Å²) in [4.78, 5) is 15.5. The number of ether oxygens (including phenoxy) is 1. The van der Waals surface area contributed by atoms with Crippen LogP contribution in [0.4, 0.5) is 5.82 Å². The molecule has 2 fully saturated rings. The molecule has 132 valence electrons. The van der Waals surface area contributed by atoms with Gasteiger partial charge in [0.15, 0.2) is 0 Å². The Kier molecular flexibility index (Phi) is 3.93. The summed E-state index contributed by atoms with van der Waals surface area (Å²) in [6, 6.07) is 1.98. The van der Waals surface area contributed by atoms with Gasteiger partial charge in [-0.1, -0.05) is 0 Å². The molecule has 3 heterocycles. The Morgan fingerprint density at radius 3 is 2.72 bits per heavy atom. The summed E-state index contributed by atoms with van der Waals surface area (Å²) in [6.45, 7) is 4.57. The van der Waals surface area contributed by atoms with E-state index in [2.05, 4.69) is 19.4 Å². The second-order valence-electron chi connectivity index (χ2n) is 7.80. The van der Waals surface area contributed by atoms with E-state index in [9.17, 15) is 0 Å². The first-order valence-corrected chi connectivity index (χ1v) is 9.49. The highest BCUT2D eigenvalue weighted by Gasteiger charge is 2.33. The van der Waals surface area contributed by atoms with E-state index in [0.29, 0.717) is 5.92 Å². The van der Waals surface area contributed by atoms with Gasteiger partial charge in [-0.3, -0.25) is 0 Å². The molecule has 2 aromatic rings. The lowest BCUT2D eigenvalue weighted by Crippen LogP contribution is -2.37. The lowest BCUT2D eigenvalue weighted by atomic mass is 9.98. The molecule has 0 saturated heterocycles. The molecule has 6 heteroatoms. The maximum absolute atomic E-state index is 6.08. The Labute approximate surface area is 148 Å². The van der Waals surface area contributed by atoms with E-state index in [-0.39, 0.29) is 0 Å². The summed E-state index contributed by atoms with van der Waals surface area (Å²) in [5, 5.41) is 0. The van der Waals surface area contributed by atoms with Crippen LogP contribution in [0.15, 0.2) is 24.9 Å². The molecule has 0 bridgehead atoms. The van der Waals surface area contributed by atoms with Gasteiger partial charge in [-0.05, 0) is 43.6 Å². The van der Waals surface area contributed by atoms with E-state index in [0.717, 1.165) is 50.5 Å². The van der Waals surface area contributed by atoms with Gasteiger partial charge >= 0.3 is 0 Å². The van der Waals surface area contributed by atoms with Gasteiger partial charge in [0.25, 0.3) is 0 Å². The predicted octanol–water partition coefficient (Wildman–Crippen LogP) is 2.61. The first kappa shape index (κ1) is 15.3. The van der Waals surface area contributed by atoms with Crippen molar-refractivity contribution >= 4 is 5.82 Å². The fourth-order valence-corrected chi connectivity index (χ4v) is 3.79. The third kappa shape index (κ3) is 3.40. The molecular formula is C19H25N5O. The van der Waals surface area contributed by atoms with Crippen molar-refractivity contribution in [1.29, 1.82) is 0 Å². The van der Waals surface area contributed by atoms with Crippen LogP contribution in [0.5, 0.6) is 0 Å². The molecular weight excluding hydrogens is 314 g/mol. The van der Waals surface area contributed by atoms with Crippen molar-refractivity contribution in [2.45, 2.75) is 44.7 Å². The Hall–Kier alpha value is -1.95. The average molecular weight is 339 g/mol. The molecule has 2 aliphatic carbocycles. The van der Waals surface area contributed by atoms with Gasteiger partial charge in [0, 0.05) is 37.5 Å². The van der Waals surface area contributed by atoms with Crippen molar-refractivity contribution in [3.05, 3.63) is 36.3 Å². The Bertz CT molecular complexity index is 723. The second-order valence-corrected chi connectivity index (χ2v) is 7.80. The van der Waals surface area contributed by atoms with E-state index >= 15 is 0 Å². The fraction of sp³-hybridized carbons (Fsp3) is 0.632. The molecule has 0 radical (unpaired) electrons. The highest BCUT2D eigenvalue weighted by Crippen LogP contribution is 2.36. The molecule has 1 aliphatic heterocycles. The van der Waals surface area contributed by atoms with Crippen LogP contribution in [-0.2, 0) is 17.8 Å². The zero-order valence-corrected chi connectivity index (χ0v) is 14.5. The van der Waals surface area contributed by atoms with E-state index < -0.39 is 0 Å². The van der Waals surface area contributed by atoms with E-state index in [4.69, 9.17) is 9.72 Å². The zero-order chi connectivity index (χ0) is 16.6. The van der Waals surface area contributed by atoms with Crippen molar-refractivity contribution in [3.63, 3.8) is 0 Å². The number of fused-ring (bicyclic) bond motifs is 1. The monoisotopic (exact) mass is 339 g/mol. The van der Waals surface area contributed by atoms with Gasteiger partial charge in [0.05, 0.1) is 25.2 Å². The maximum atomic E-state index is 6.08. The standard InChI is InChI=1S/C19H25N5O/c1-2-14(1)7-24-13-22-17-9-23(18-5-6-20-12-21-18)8-16(19(17)24)11-25-10-15-3-4-15/h5-6,12-16H,1-4,7-11H2/t16-/m0/s1. The molecule has 0 unspecified atom stereocenters. The van der Waals surface area contributed by atoms with Crippen LogP contribution in [0.3, 0.4) is 0 Å². The zero-order valence-electron chi connectivity index (χ0n) is 14.5. The highest BCUT2D eigenvalue weighted by atomic mass is 16.5. The van der Waals surface area contributed by atoms with E-state index in [1.54, 1.807) is 6.33 Å². The van der Waals surface area contributed by atoms with Crippen molar-refractivity contribution in [1.82, 2.24) is 19.5 Å². The highest BCUT2D eigenvalue weighted by molar-refractivity contribution is 5.42. The van der Waals surface area contributed by atoms with Crippen LogP contribution >= 0.6 is 0 Å². The normalized spacial score (nSPS) is 22.9. The van der Waals surface area contributed by atoms with Gasteiger partial charge in [0.2, 0.25) is 0 Å². The van der Waals surface area contributed by atoms with Gasteiger partial charge in [-0.2, -0.15) is 0 Å². The summed E-state index contributed by atoms with van der Waals surface area (Å²) < 4.78 is 8.48. The third-order valence-electron chi connectivity index (χ3n) is 5.54. The van der Waals surface area contributed by atoms with Crippen LogP contribution in [0.1, 0.15) is 43.0 Å². The average Bonchev–Trinajstić information content (AvgIpc) is 3.56. The Morgan fingerprint density at radius 2 is 1.96 bits per heavy atom. The molecule has 25 heavy (non-hydrogen) atoms. The predicted molar refractivity (Wildman–Crippen MR) is 94.3 cm³/mol.